The highest BCUT2D eigenvalue weighted by Crippen LogP contribution is 2.26. The first-order valence-electron chi connectivity index (χ1n) is 7.68. The molecule has 136 valence electrons. The highest BCUT2D eigenvalue weighted by Gasteiger charge is 2.26. The lowest BCUT2D eigenvalue weighted by atomic mass is 10.2. The van der Waals surface area contributed by atoms with Crippen LogP contribution < -0.4 is 9.47 Å². The van der Waals surface area contributed by atoms with E-state index in [0.29, 0.717) is 11.5 Å². The van der Waals surface area contributed by atoms with E-state index in [4.69, 9.17) is 23.7 Å². The molecule has 2 unspecified atom stereocenters. The van der Waals surface area contributed by atoms with E-state index in [9.17, 15) is 9.59 Å². The average Bonchev–Trinajstić information content (AvgIpc) is 3.22. The number of rotatable bonds is 8. The van der Waals surface area contributed by atoms with Gasteiger partial charge < -0.3 is 33.2 Å². The fourth-order valence-electron chi connectivity index (χ4n) is 2.32. The minimum absolute atomic E-state index is 0.178. The van der Waals surface area contributed by atoms with E-state index >= 15 is 0 Å². The Morgan fingerprint density at radius 2 is 1.72 bits per heavy atom. The quantitative estimate of drug-likeness (QED) is 0.645. The first-order valence-corrected chi connectivity index (χ1v) is 7.68. The van der Waals surface area contributed by atoms with Crippen LogP contribution in [0.1, 0.15) is 5.56 Å². The Kier molecular flexibility index (Phi) is 5.44. The zero-order valence-electron chi connectivity index (χ0n) is 13.6. The third kappa shape index (κ3) is 4.66. The maximum absolute atomic E-state index is 10.9. The molecule has 0 bridgehead atoms. The summed E-state index contributed by atoms with van der Waals surface area (Å²) >= 11 is 0. The summed E-state index contributed by atoms with van der Waals surface area (Å²) in [6.07, 6.45) is -2.17. The second kappa shape index (κ2) is 7.93. The van der Waals surface area contributed by atoms with Gasteiger partial charge in [0.1, 0.15) is 31.3 Å². The predicted octanol–water partition coefficient (Wildman–Crippen LogP) is 1.66. The first-order chi connectivity index (χ1) is 12.1. The molecule has 0 saturated carbocycles. The Morgan fingerprint density at radius 3 is 2.32 bits per heavy atom. The molecule has 0 spiro atoms. The van der Waals surface area contributed by atoms with Crippen LogP contribution in [0.2, 0.25) is 0 Å². The largest absolute Gasteiger partial charge is 0.508 e. The van der Waals surface area contributed by atoms with Gasteiger partial charge in [0.05, 0.1) is 20.3 Å². The van der Waals surface area contributed by atoms with Gasteiger partial charge in [-0.3, -0.25) is 0 Å². The lowest BCUT2D eigenvalue weighted by Gasteiger charge is -2.14. The topological polar surface area (TPSA) is 98.8 Å². The second-order valence-electron chi connectivity index (χ2n) is 5.40. The lowest BCUT2D eigenvalue weighted by Crippen LogP contribution is -2.20. The zero-order valence-corrected chi connectivity index (χ0v) is 13.6. The standard InChI is InChI=1S/C16H18O9/c1-19-14-4-11(21-7-13-9-23-16(18)25-13)3-2-10(14)5-20-6-12-8-22-15(17)24-12/h2-4,12-13H,5-9H2,1H3. The molecule has 3 rings (SSSR count). The van der Waals surface area contributed by atoms with Crippen molar-refractivity contribution in [3.05, 3.63) is 23.8 Å². The Morgan fingerprint density at radius 1 is 1.04 bits per heavy atom. The summed E-state index contributed by atoms with van der Waals surface area (Å²) in [5, 5.41) is 0. The fourth-order valence-corrected chi connectivity index (χ4v) is 2.32. The van der Waals surface area contributed by atoms with Crippen LogP contribution in [-0.4, -0.2) is 58.1 Å². The molecule has 2 saturated heterocycles. The van der Waals surface area contributed by atoms with E-state index in [1.807, 2.05) is 6.07 Å². The van der Waals surface area contributed by atoms with Gasteiger partial charge >= 0.3 is 12.3 Å². The maximum Gasteiger partial charge on any atom is 0.508 e. The molecule has 9 heteroatoms. The van der Waals surface area contributed by atoms with Crippen LogP contribution in [0.25, 0.3) is 0 Å². The molecular formula is C16H18O9. The van der Waals surface area contributed by atoms with Gasteiger partial charge in [-0.25, -0.2) is 9.59 Å². The number of hydrogen-bond acceptors (Lipinski definition) is 9. The normalized spacial score (nSPS) is 22.0. The van der Waals surface area contributed by atoms with Crippen molar-refractivity contribution in [3.63, 3.8) is 0 Å². The van der Waals surface area contributed by atoms with Crippen molar-refractivity contribution in [1.82, 2.24) is 0 Å². The number of carbonyl (C=O) groups is 2. The third-order valence-electron chi connectivity index (χ3n) is 3.56. The van der Waals surface area contributed by atoms with E-state index in [1.165, 1.54) is 0 Å². The zero-order chi connectivity index (χ0) is 17.6. The molecule has 2 heterocycles. The number of ether oxygens (including phenoxy) is 7. The van der Waals surface area contributed by atoms with Crippen LogP contribution in [0.4, 0.5) is 9.59 Å². The molecule has 0 N–H and O–H groups in total. The molecule has 2 aliphatic rings. The minimum Gasteiger partial charge on any atom is -0.496 e. The summed E-state index contributed by atoms with van der Waals surface area (Å²) in [6, 6.07) is 5.29. The molecule has 2 fully saturated rings. The summed E-state index contributed by atoms with van der Waals surface area (Å²) in [5.74, 6) is 1.17. The summed E-state index contributed by atoms with van der Waals surface area (Å²) in [5.41, 5.74) is 0.815. The number of benzene rings is 1. The monoisotopic (exact) mass is 354 g/mol. The SMILES string of the molecule is COc1cc(OCC2COC(=O)O2)ccc1COCC1COC(=O)O1. The minimum atomic E-state index is -0.683. The Bertz CT molecular complexity index is 630. The average molecular weight is 354 g/mol. The van der Waals surface area contributed by atoms with Crippen LogP contribution >= 0.6 is 0 Å². The molecule has 2 atom stereocenters. The van der Waals surface area contributed by atoms with E-state index in [0.717, 1.165) is 5.56 Å². The second-order valence-corrected chi connectivity index (χ2v) is 5.40. The Balaban J connectivity index is 1.48. The molecule has 0 aliphatic carbocycles. The molecule has 1 aromatic rings. The van der Waals surface area contributed by atoms with Gasteiger partial charge in [-0.1, -0.05) is 0 Å². The summed E-state index contributed by atoms with van der Waals surface area (Å²) in [6.45, 7) is 1.08. The Hall–Kier alpha value is -2.68. The first kappa shape index (κ1) is 17.2. The molecule has 0 aromatic heterocycles. The van der Waals surface area contributed by atoms with Crippen molar-refractivity contribution < 1.29 is 42.7 Å². The van der Waals surface area contributed by atoms with Crippen molar-refractivity contribution in [3.8, 4) is 11.5 Å². The predicted molar refractivity (Wildman–Crippen MR) is 80.6 cm³/mol. The molecule has 2 aliphatic heterocycles. The number of cyclic esters (lactones) is 4. The van der Waals surface area contributed by atoms with Gasteiger partial charge in [0.25, 0.3) is 0 Å². The van der Waals surface area contributed by atoms with E-state index in [1.54, 1.807) is 19.2 Å². The lowest BCUT2D eigenvalue weighted by molar-refractivity contribution is 0.0373. The van der Waals surface area contributed by atoms with Gasteiger partial charge in [0.15, 0.2) is 12.2 Å². The van der Waals surface area contributed by atoms with Crippen molar-refractivity contribution in [2.24, 2.45) is 0 Å². The van der Waals surface area contributed by atoms with Gasteiger partial charge in [0, 0.05) is 11.6 Å². The molecule has 1 aromatic carbocycles. The maximum atomic E-state index is 10.9. The molecule has 0 radical (unpaired) electrons. The molecular weight excluding hydrogens is 336 g/mol. The van der Waals surface area contributed by atoms with Crippen LogP contribution in [0.15, 0.2) is 18.2 Å². The molecule has 25 heavy (non-hydrogen) atoms. The highest BCUT2D eigenvalue weighted by molar-refractivity contribution is 5.62. The van der Waals surface area contributed by atoms with Crippen molar-refractivity contribution >= 4 is 12.3 Å². The van der Waals surface area contributed by atoms with Gasteiger partial charge in [-0.15, -0.1) is 0 Å². The van der Waals surface area contributed by atoms with Crippen LogP contribution in [0.3, 0.4) is 0 Å². The fraction of sp³-hybridized carbons (Fsp3) is 0.500. The summed E-state index contributed by atoms with van der Waals surface area (Å²) in [7, 11) is 1.54. The number of hydrogen-bond donors (Lipinski definition) is 0. The van der Waals surface area contributed by atoms with Gasteiger partial charge in [-0.2, -0.15) is 0 Å². The smallest absolute Gasteiger partial charge is 0.496 e. The third-order valence-corrected chi connectivity index (χ3v) is 3.56. The highest BCUT2D eigenvalue weighted by atomic mass is 16.8. The number of carbonyl (C=O) groups excluding carboxylic acids is 2. The molecule has 0 amide bonds. The van der Waals surface area contributed by atoms with Crippen LogP contribution in [0, 0.1) is 0 Å². The Labute approximate surface area is 143 Å². The van der Waals surface area contributed by atoms with E-state index < -0.39 is 24.5 Å². The van der Waals surface area contributed by atoms with Gasteiger partial charge in [0.2, 0.25) is 0 Å². The molecule has 9 nitrogen and oxygen atoms in total. The van der Waals surface area contributed by atoms with Crippen LogP contribution in [0.5, 0.6) is 11.5 Å². The van der Waals surface area contributed by atoms with E-state index in [2.05, 4.69) is 9.47 Å². The van der Waals surface area contributed by atoms with Crippen molar-refractivity contribution in [1.29, 1.82) is 0 Å². The summed E-state index contributed by atoms with van der Waals surface area (Å²) in [4.78, 5) is 21.7. The van der Waals surface area contributed by atoms with Crippen LogP contribution in [-0.2, 0) is 30.3 Å². The summed E-state index contributed by atoms with van der Waals surface area (Å²) < 4.78 is 35.6. The van der Waals surface area contributed by atoms with Crippen molar-refractivity contribution in [2.45, 2.75) is 18.8 Å². The van der Waals surface area contributed by atoms with Crippen molar-refractivity contribution in [2.75, 3.05) is 33.5 Å². The number of methoxy groups -OCH3 is 1. The van der Waals surface area contributed by atoms with Gasteiger partial charge in [-0.05, 0) is 12.1 Å². The van der Waals surface area contributed by atoms with E-state index in [-0.39, 0.29) is 33.0 Å².